The summed E-state index contributed by atoms with van der Waals surface area (Å²) in [5.74, 6) is 0. The smallest absolute Gasteiger partial charge is 0.242 e. The Kier molecular flexibility index (Phi) is 4.90. The molecular weight excluding hydrogens is 333 g/mol. The lowest BCUT2D eigenvalue weighted by Crippen LogP contribution is -2.41. The lowest BCUT2D eigenvalue weighted by atomic mass is 9.88. The van der Waals surface area contributed by atoms with Crippen molar-refractivity contribution in [3.8, 4) is 0 Å². The summed E-state index contributed by atoms with van der Waals surface area (Å²) in [7, 11) is -3.75. The molecule has 1 unspecified atom stereocenters. The van der Waals surface area contributed by atoms with Crippen LogP contribution in [0.4, 0.5) is 0 Å². The van der Waals surface area contributed by atoms with Crippen molar-refractivity contribution in [2.75, 3.05) is 0 Å². The fourth-order valence-electron chi connectivity index (χ4n) is 2.72. The number of sulfonamides is 1. The van der Waals surface area contributed by atoms with Gasteiger partial charge in [-0.3, -0.25) is 0 Å². The van der Waals surface area contributed by atoms with Crippen LogP contribution < -0.4 is 4.72 Å². The first-order chi connectivity index (χ1) is 9.69. The molecule has 2 N–H and O–H groups in total. The van der Waals surface area contributed by atoms with Crippen molar-refractivity contribution in [1.82, 2.24) is 4.72 Å². The van der Waals surface area contributed by atoms with Crippen molar-refractivity contribution in [1.29, 1.82) is 0 Å². The Hall–Kier alpha value is -0.330. The monoisotopic (exact) mass is 351 g/mol. The summed E-state index contributed by atoms with van der Waals surface area (Å²) in [6, 6.07) is 2.69. The number of hydrogen-bond acceptors (Lipinski definition) is 3. The zero-order valence-corrected chi connectivity index (χ0v) is 14.3. The van der Waals surface area contributed by atoms with Gasteiger partial charge in [0.05, 0.1) is 11.6 Å². The van der Waals surface area contributed by atoms with Crippen LogP contribution >= 0.6 is 23.2 Å². The van der Waals surface area contributed by atoms with Gasteiger partial charge < -0.3 is 5.11 Å². The number of hydrogen-bond donors (Lipinski definition) is 2. The fraction of sp³-hybridized carbons (Fsp3) is 0.571. The van der Waals surface area contributed by atoms with Crippen molar-refractivity contribution in [2.24, 2.45) is 5.41 Å². The van der Waals surface area contributed by atoms with E-state index >= 15 is 0 Å². The molecule has 1 aliphatic rings. The normalized spacial score (nSPS) is 21.7. The zero-order valence-electron chi connectivity index (χ0n) is 12.0. The van der Waals surface area contributed by atoms with Crippen molar-refractivity contribution in [3.63, 3.8) is 0 Å². The summed E-state index contributed by atoms with van der Waals surface area (Å²) in [4.78, 5) is -0.0414. The van der Waals surface area contributed by atoms with Crippen LogP contribution in [0.15, 0.2) is 17.0 Å². The summed E-state index contributed by atoms with van der Waals surface area (Å²) in [5.41, 5.74) is 0.151. The molecule has 1 atom stereocenters. The van der Waals surface area contributed by atoms with Gasteiger partial charge in [0.25, 0.3) is 0 Å². The van der Waals surface area contributed by atoms with Gasteiger partial charge in [0.15, 0.2) is 0 Å². The lowest BCUT2D eigenvalue weighted by Gasteiger charge is -2.27. The molecule has 2 rings (SSSR count). The molecule has 0 spiro atoms. The van der Waals surface area contributed by atoms with E-state index in [-0.39, 0.29) is 32.0 Å². The van der Waals surface area contributed by atoms with Crippen LogP contribution in [0.5, 0.6) is 0 Å². The van der Waals surface area contributed by atoms with Crippen molar-refractivity contribution >= 4 is 33.2 Å². The van der Waals surface area contributed by atoms with E-state index in [4.69, 9.17) is 23.2 Å². The standard InChI is InChI=1S/C14H19Cl2NO3S/c1-14(2)7-3-4-12(14)17-21(19,20)11-6-5-10(15)9(8-18)13(11)16/h5-6,12,17-18H,3-4,7-8H2,1-2H3. The molecule has 1 aromatic carbocycles. The van der Waals surface area contributed by atoms with Crippen molar-refractivity contribution < 1.29 is 13.5 Å². The minimum absolute atomic E-state index is 0.0201. The average molecular weight is 352 g/mol. The second-order valence-electron chi connectivity index (χ2n) is 6.05. The Labute approximate surface area is 135 Å². The van der Waals surface area contributed by atoms with Crippen LogP contribution in [-0.4, -0.2) is 19.6 Å². The van der Waals surface area contributed by atoms with Gasteiger partial charge in [-0.25, -0.2) is 13.1 Å². The Balaban J connectivity index is 2.37. The highest BCUT2D eigenvalue weighted by Gasteiger charge is 2.37. The number of rotatable bonds is 4. The van der Waals surface area contributed by atoms with Crippen LogP contribution in [0.2, 0.25) is 10.0 Å². The van der Waals surface area contributed by atoms with Gasteiger partial charge in [-0.1, -0.05) is 43.5 Å². The molecule has 0 aromatic heterocycles. The van der Waals surface area contributed by atoms with E-state index < -0.39 is 16.6 Å². The Morgan fingerprint density at radius 2 is 2.05 bits per heavy atom. The predicted octanol–water partition coefficient (Wildman–Crippen LogP) is 3.34. The van der Waals surface area contributed by atoms with Gasteiger partial charge in [0.1, 0.15) is 4.90 Å². The number of aliphatic hydroxyl groups excluding tert-OH is 1. The summed E-state index contributed by atoms with van der Waals surface area (Å²) in [6.45, 7) is 3.70. The van der Waals surface area contributed by atoms with Crippen molar-refractivity contribution in [2.45, 2.75) is 50.7 Å². The van der Waals surface area contributed by atoms with Gasteiger partial charge >= 0.3 is 0 Å². The third-order valence-corrected chi connectivity index (χ3v) is 6.56. The second kappa shape index (κ2) is 6.05. The van der Waals surface area contributed by atoms with E-state index in [2.05, 4.69) is 18.6 Å². The maximum Gasteiger partial charge on any atom is 0.242 e. The number of halogens is 2. The first-order valence-electron chi connectivity index (χ1n) is 6.79. The topological polar surface area (TPSA) is 66.4 Å². The highest BCUT2D eigenvalue weighted by molar-refractivity contribution is 7.89. The molecule has 7 heteroatoms. The largest absolute Gasteiger partial charge is 0.392 e. The third-order valence-electron chi connectivity index (χ3n) is 4.15. The Bertz CT molecular complexity index is 644. The highest BCUT2D eigenvalue weighted by Crippen LogP contribution is 2.39. The molecule has 0 bridgehead atoms. The molecule has 0 saturated heterocycles. The van der Waals surface area contributed by atoms with Crippen LogP contribution in [0.1, 0.15) is 38.7 Å². The van der Waals surface area contributed by atoms with Crippen LogP contribution in [0.25, 0.3) is 0 Å². The first-order valence-corrected chi connectivity index (χ1v) is 9.03. The van der Waals surface area contributed by atoms with Crippen LogP contribution in [-0.2, 0) is 16.6 Å². The molecule has 118 valence electrons. The van der Waals surface area contributed by atoms with E-state index in [1.54, 1.807) is 0 Å². The number of aliphatic hydroxyl groups is 1. The highest BCUT2D eigenvalue weighted by atomic mass is 35.5. The van der Waals surface area contributed by atoms with Gasteiger partial charge in [-0.15, -0.1) is 0 Å². The Morgan fingerprint density at radius 3 is 2.57 bits per heavy atom. The lowest BCUT2D eigenvalue weighted by molar-refractivity contribution is 0.281. The minimum atomic E-state index is -3.75. The minimum Gasteiger partial charge on any atom is -0.392 e. The molecule has 4 nitrogen and oxygen atoms in total. The number of benzene rings is 1. The van der Waals surface area contributed by atoms with Crippen LogP contribution in [0, 0.1) is 5.41 Å². The van der Waals surface area contributed by atoms with Gasteiger partial charge in [0.2, 0.25) is 10.0 Å². The third kappa shape index (κ3) is 3.37. The molecule has 1 aromatic rings. The molecule has 1 aliphatic carbocycles. The van der Waals surface area contributed by atoms with E-state index in [9.17, 15) is 13.5 Å². The molecule has 0 radical (unpaired) electrons. The molecule has 0 aliphatic heterocycles. The Morgan fingerprint density at radius 1 is 1.38 bits per heavy atom. The van der Waals surface area contributed by atoms with E-state index in [1.165, 1.54) is 12.1 Å². The maximum absolute atomic E-state index is 12.6. The summed E-state index contributed by atoms with van der Waals surface area (Å²) >= 11 is 12.0. The zero-order chi connectivity index (χ0) is 15.8. The van der Waals surface area contributed by atoms with Gasteiger partial charge in [-0.05, 0) is 30.4 Å². The van der Waals surface area contributed by atoms with E-state index in [0.29, 0.717) is 0 Å². The maximum atomic E-state index is 12.6. The van der Waals surface area contributed by atoms with Crippen molar-refractivity contribution in [3.05, 3.63) is 27.7 Å². The average Bonchev–Trinajstić information content (AvgIpc) is 2.68. The molecule has 21 heavy (non-hydrogen) atoms. The molecule has 0 amide bonds. The molecule has 1 saturated carbocycles. The van der Waals surface area contributed by atoms with Gasteiger partial charge in [0, 0.05) is 16.6 Å². The SMILES string of the molecule is CC1(C)CCCC1NS(=O)(=O)c1ccc(Cl)c(CO)c1Cl. The summed E-state index contributed by atoms with van der Waals surface area (Å²) in [6.07, 6.45) is 2.79. The molecular formula is C14H19Cl2NO3S. The molecule has 0 heterocycles. The van der Waals surface area contributed by atoms with Crippen LogP contribution in [0.3, 0.4) is 0 Å². The van der Waals surface area contributed by atoms with Gasteiger partial charge in [-0.2, -0.15) is 0 Å². The summed E-state index contributed by atoms with van der Waals surface area (Å²) in [5, 5.41) is 9.50. The van der Waals surface area contributed by atoms with E-state index in [0.717, 1.165) is 19.3 Å². The first kappa shape index (κ1) is 17.0. The predicted molar refractivity (Wildman–Crippen MR) is 84.1 cm³/mol. The summed E-state index contributed by atoms with van der Waals surface area (Å²) < 4.78 is 27.8. The fourth-order valence-corrected chi connectivity index (χ4v) is 5.06. The van der Waals surface area contributed by atoms with E-state index in [1.807, 2.05) is 0 Å². The second-order valence-corrected chi connectivity index (χ2v) is 8.52. The molecule has 1 fully saturated rings. The number of nitrogens with one attached hydrogen (secondary N) is 1. The quantitative estimate of drug-likeness (QED) is 0.873.